The van der Waals surface area contributed by atoms with Gasteiger partial charge in [0.15, 0.2) is 6.10 Å². The molecule has 1 saturated carbocycles. The number of nitrogens with one attached hydrogen (secondary N) is 1. The molecule has 0 aromatic heterocycles. The molecule has 1 amide bonds. The highest BCUT2D eigenvalue weighted by molar-refractivity contribution is 7.89. The van der Waals surface area contributed by atoms with Crippen molar-refractivity contribution in [1.82, 2.24) is 9.62 Å². The van der Waals surface area contributed by atoms with Crippen molar-refractivity contribution in [2.24, 2.45) is 5.41 Å². The lowest BCUT2D eigenvalue weighted by Gasteiger charge is -2.30. The van der Waals surface area contributed by atoms with Crippen LogP contribution in [0.3, 0.4) is 0 Å². The molecule has 1 aliphatic carbocycles. The Morgan fingerprint density at radius 2 is 1.80 bits per heavy atom. The fourth-order valence-corrected chi connectivity index (χ4v) is 5.68. The molecule has 190 valence electrons. The van der Waals surface area contributed by atoms with Gasteiger partial charge in [-0.2, -0.15) is 0 Å². The van der Waals surface area contributed by atoms with E-state index in [1.165, 1.54) is 18.2 Å². The van der Waals surface area contributed by atoms with E-state index in [1.807, 2.05) is 0 Å². The van der Waals surface area contributed by atoms with Crippen molar-refractivity contribution in [1.29, 1.82) is 0 Å². The van der Waals surface area contributed by atoms with Gasteiger partial charge in [0.2, 0.25) is 16.0 Å². The summed E-state index contributed by atoms with van der Waals surface area (Å²) in [6.07, 6.45) is -1.28. The summed E-state index contributed by atoms with van der Waals surface area (Å²) >= 11 is 0. The topological polar surface area (TPSA) is 86.7 Å². The summed E-state index contributed by atoms with van der Waals surface area (Å²) in [4.78, 5) is 13.8. The fourth-order valence-electron chi connectivity index (χ4n) is 4.82. The molecule has 0 unspecified atom stereocenters. The average molecular weight is 519 g/mol. The summed E-state index contributed by atoms with van der Waals surface area (Å²) in [7, 11) is -4.37. The third-order valence-corrected chi connectivity index (χ3v) is 7.57. The van der Waals surface area contributed by atoms with Crippen LogP contribution in [0.25, 0.3) is 11.1 Å². The van der Waals surface area contributed by atoms with E-state index in [0.717, 1.165) is 17.0 Å². The van der Waals surface area contributed by atoms with Crippen molar-refractivity contribution in [2.45, 2.75) is 37.5 Å². The minimum absolute atomic E-state index is 0.00754. The Labute approximate surface area is 198 Å². The van der Waals surface area contributed by atoms with E-state index in [4.69, 9.17) is 0 Å². The van der Waals surface area contributed by atoms with E-state index < -0.39 is 69.7 Å². The van der Waals surface area contributed by atoms with Crippen molar-refractivity contribution in [2.75, 3.05) is 19.2 Å². The van der Waals surface area contributed by atoms with Gasteiger partial charge in [-0.25, -0.2) is 35.1 Å². The zero-order valence-electron chi connectivity index (χ0n) is 18.4. The van der Waals surface area contributed by atoms with E-state index in [-0.39, 0.29) is 29.7 Å². The zero-order chi connectivity index (χ0) is 25.5. The molecule has 6 nitrogen and oxygen atoms in total. The number of benzene rings is 2. The van der Waals surface area contributed by atoms with Crippen LogP contribution in [0.5, 0.6) is 0 Å². The lowest BCUT2D eigenvalue weighted by atomic mass is 9.91. The smallest absolute Gasteiger partial charge is 0.254 e. The molecule has 0 radical (unpaired) electrons. The van der Waals surface area contributed by atoms with E-state index in [0.29, 0.717) is 18.9 Å². The highest BCUT2D eigenvalue weighted by Gasteiger charge is 2.61. The third-order valence-electron chi connectivity index (χ3n) is 6.67. The number of rotatable bonds is 8. The number of hydrogen-bond donors (Lipinski definition) is 2. The minimum atomic E-state index is -4.37. The molecule has 1 heterocycles. The van der Waals surface area contributed by atoms with Crippen molar-refractivity contribution in [3.63, 3.8) is 0 Å². The van der Waals surface area contributed by atoms with Gasteiger partial charge in [0.1, 0.15) is 24.1 Å². The first kappa shape index (κ1) is 25.5. The van der Waals surface area contributed by atoms with Crippen molar-refractivity contribution >= 4 is 15.9 Å². The molecule has 1 aliphatic heterocycles. The molecule has 4 rings (SSSR count). The van der Waals surface area contributed by atoms with Crippen LogP contribution >= 0.6 is 0 Å². The Kier molecular flexibility index (Phi) is 6.91. The first-order valence-electron chi connectivity index (χ1n) is 10.8. The van der Waals surface area contributed by atoms with E-state index in [2.05, 4.69) is 4.72 Å². The van der Waals surface area contributed by atoms with Gasteiger partial charge >= 0.3 is 0 Å². The summed E-state index contributed by atoms with van der Waals surface area (Å²) in [6, 6.07) is 2.86. The van der Waals surface area contributed by atoms with Gasteiger partial charge in [0, 0.05) is 29.6 Å². The lowest BCUT2D eigenvalue weighted by Crippen LogP contribution is -2.51. The number of nitrogens with zero attached hydrogens (tertiary/aromatic N) is 1. The number of likely N-dealkylation sites (tertiary alicyclic amines) is 1. The van der Waals surface area contributed by atoms with Crippen molar-refractivity contribution in [3.8, 4) is 11.1 Å². The van der Waals surface area contributed by atoms with E-state index in [1.54, 1.807) is 0 Å². The molecule has 35 heavy (non-hydrogen) atoms. The predicted octanol–water partition coefficient (Wildman–Crippen LogP) is 2.85. The van der Waals surface area contributed by atoms with Gasteiger partial charge in [-0.15, -0.1) is 0 Å². The number of aliphatic hydroxyl groups excluding tert-OH is 1. The van der Waals surface area contributed by atoms with Gasteiger partial charge in [-0.05, 0) is 42.5 Å². The molecule has 2 aromatic rings. The molecule has 2 aliphatic rings. The Morgan fingerprint density at radius 3 is 2.37 bits per heavy atom. The maximum atomic E-state index is 15.5. The molecule has 2 N–H and O–H groups in total. The molecule has 2 aromatic carbocycles. The average Bonchev–Trinajstić information content (AvgIpc) is 3.54. The summed E-state index contributed by atoms with van der Waals surface area (Å²) in [5, 5.41) is 9.82. The van der Waals surface area contributed by atoms with Gasteiger partial charge < -0.3 is 10.0 Å². The summed E-state index contributed by atoms with van der Waals surface area (Å²) in [5.41, 5.74) is -0.949. The van der Waals surface area contributed by atoms with Crippen LogP contribution < -0.4 is 4.72 Å². The number of carbonyl (C=O) groups excluding carboxylic acids is 1. The Bertz CT molecular complexity index is 1220. The second kappa shape index (κ2) is 9.47. The molecule has 1 saturated heterocycles. The Balaban J connectivity index is 1.74. The quantitative estimate of drug-likeness (QED) is 0.527. The largest absolute Gasteiger partial charge is 0.381 e. The number of amides is 1. The van der Waals surface area contributed by atoms with Crippen LogP contribution in [0.15, 0.2) is 36.4 Å². The summed E-state index contributed by atoms with van der Waals surface area (Å²) < 4.78 is 95.5. The molecule has 12 heteroatoms. The van der Waals surface area contributed by atoms with Crippen LogP contribution in [0.2, 0.25) is 0 Å². The van der Waals surface area contributed by atoms with Crippen LogP contribution in [0, 0.1) is 22.9 Å². The van der Waals surface area contributed by atoms with E-state index >= 15 is 4.39 Å². The van der Waals surface area contributed by atoms with Gasteiger partial charge in [0.25, 0.3) is 5.91 Å². The maximum absolute atomic E-state index is 15.5. The lowest BCUT2D eigenvalue weighted by molar-refractivity contribution is -0.142. The van der Waals surface area contributed by atoms with Gasteiger partial charge in [0.05, 0.1) is 6.04 Å². The number of hydrogen-bond acceptors (Lipinski definition) is 4. The van der Waals surface area contributed by atoms with Crippen molar-refractivity contribution < 1.29 is 40.3 Å². The third kappa shape index (κ3) is 5.05. The Morgan fingerprint density at radius 1 is 1.14 bits per heavy atom. The van der Waals surface area contributed by atoms with Crippen LogP contribution in [0.4, 0.5) is 22.0 Å². The molecule has 2 fully saturated rings. The van der Waals surface area contributed by atoms with Gasteiger partial charge in [-0.3, -0.25) is 4.79 Å². The first-order chi connectivity index (χ1) is 16.5. The minimum Gasteiger partial charge on any atom is -0.381 e. The monoisotopic (exact) mass is 518 g/mol. The predicted molar refractivity (Wildman–Crippen MR) is 116 cm³/mol. The first-order valence-corrected chi connectivity index (χ1v) is 12.5. The maximum Gasteiger partial charge on any atom is 0.254 e. The fraction of sp³-hybridized carbons (Fsp3) is 0.435. The second-order valence-corrected chi connectivity index (χ2v) is 10.7. The molecule has 3 atom stereocenters. The standard InChI is InChI=1S/C23H23F5N2O4S/c24-10-19(31)22(32)30-11-23(4-5-23)21(29-35(33,34)12-25)18(30)8-13-2-1-3-17(20(13)28)14-6-15(26)9-16(27)7-14/h1-3,6-7,9,18-19,21,29,31H,4-5,8,10-12H2/t18-,19+,21+/m0/s1. The second-order valence-electron chi connectivity index (χ2n) is 9.03. The molecular formula is C23H23F5N2O4S. The molecule has 0 bridgehead atoms. The number of sulfonamides is 1. The van der Waals surface area contributed by atoms with E-state index in [9.17, 15) is 35.9 Å². The van der Waals surface area contributed by atoms with Crippen LogP contribution in [-0.4, -0.2) is 61.7 Å². The number of carbonyl (C=O) groups is 1. The van der Waals surface area contributed by atoms with Gasteiger partial charge in [-0.1, -0.05) is 18.2 Å². The number of halogens is 5. The van der Waals surface area contributed by atoms with Crippen LogP contribution in [-0.2, 0) is 21.2 Å². The van der Waals surface area contributed by atoms with Crippen molar-refractivity contribution in [3.05, 3.63) is 59.4 Å². The highest BCUT2D eigenvalue weighted by atomic mass is 32.2. The summed E-state index contributed by atoms with van der Waals surface area (Å²) in [6.45, 7) is -1.39. The SMILES string of the molecule is O=C([C@H](O)CF)N1CC2(CC2)[C@H](NS(=O)(=O)CF)[C@@H]1Cc1cccc(-c2cc(F)cc(F)c2)c1F. The normalized spacial score (nSPS) is 21.9. The summed E-state index contributed by atoms with van der Waals surface area (Å²) in [5.74, 6) is -3.66. The molecular weight excluding hydrogens is 495 g/mol. The Hall–Kier alpha value is -2.57. The van der Waals surface area contributed by atoms with Crippen LogP contribution in [0.1, 0.15) is 18.4 Å². The number of aliphatic hydroxyl groups is 1. The number of alkyl halides is 2. The highest BCUT2D eigenvalue weighted by Crippen LogP contribution is 2.55. The zero-order valence-corrected chi connectivity index (χ0v) is 19.2. The molecule has 1 spiro atoms.